The summed E-state index contributed by atoms with van der Waals surface area (Å²) in [7, 11) is 1.65. The molecule has 0 bridgehead atoms. The van der Waals surface area contributed by atoms with Crippen LogP contribution >= 0.6 is 11.8 Å². The van der Waals surface area contributed by atoms with Gasteiger partial charge in [0.1, 0.15) is 12.1 Å². The maximum atomic E-state index is 5.13. The molecule has 86 valence electrons. The first-order valence-electron chi connectivity index (χ1n) is 5.10. The number of hydrogen-bond acceptors (Lipinski definition) is 5. The molecule has 0 saturated heterocycles. The van der Waals surface area contributed by atoms with E-state index in [1.54, 1.807) is 29.9 Å². The summed E-state index contributed by atoms with van der Waals surface area (Å²) in [6, 6.07) is 7.77. The number of aromatic nitrogens is 3. The van der Waals surface area contributed by atoms with Crippen LogP contribution in [0.25, 0.3) is 0 Å². The average molecular weight is 246 g/mol. The van der Waals surface area contributed by atoms with Crippen LogP contribution in [0.5, 0.6) is 5.75 Å². The fraction of sp³-hybridized carbons (Fsp3) is 0.182. The van der Waals surface area contributed by atoms with Gasteiger partial charge in [-0.3, -0.25) is 4.99 Å². The first-order valence-corrected chi connectivity index (χ1v) is 6.09. The Labute approximate surface area is 103 Å². The SMILES string of the molecule is COc1ccc(C2=NCSc3ncnn32)cc1. The molecule has 2 aromatic rings. The molecule has 0 atom stereocenters. The van der Waals surface area contributed by atoms with Crippen molar-refractivity contribution in [2.24, 2.45) is 4.99 Å². The average Bonchev–Trinajstić information content (AvgIpc) is 2.87. The number of benzene rings is 1. The third-order valence-corrected chi connectivity index (χ3v) is 3.27. The summed E-state index contributed by atoms with van der Waals surface area (Å²) in [5.74, 6) is 2.34. The van der Waals surface area contributed by atoms with E-state index in [9.17, 15) is 0 Å². The van der Waals surface area contributed by atoms with E-state index in [-0.39, 0.29) is 0 Å². The highest BCUT2D eigenvalue weighted by Crippen LogP contribution is 2.22. The van der Waals surface area contributed by atoms with Crippen LogP contribution in [0.4, 0.5) is 0 Å². The van der Waals surface area contributed by atoms with Crippen LogP contribution in [-0.4, -0.2) is 33.6 Å². The second-order valence-corrected chi connectivity index (χ2v) is 4.35. The Bertz CT molecular complexity index is 561. The van der Waals surface area contributed by atoms with E-state index in [2.05, 4.69) is 15.1 Å². The number of methoxy groups -OCH3 is 1. The van der Waals surface area contributed by atoms with Crippen molar-refractivity contribution in [1.29, 1.82) is 0 Å². The molecule has 0 amide bonds. The van der Waals surface area contributed by atoms with E-state index in [1.807, 2.05) is 24.3 Å². The lowest BCUT2D eigenvalue weighted by Crippen LogP contribution is -2.19. The fourth-order valence-electron chi connectivity index (χ4n) is 1.65. The smallest absolute Gasteiger partial charge is 0.194 e. The van der Waals surface area contributed by atoms with Gasteiger partial charge in [-0.05, 0) is 24.3 Å². The normalized spacial score (nSPS) is 14.1. The van der Waals surface area contributed by atoms with E-state index in [1.165, 1.54) is 0 Å². The molecule has 3 rings (SSSR count). The molecule has 0 saturated carbocycles. The van der Waals surface area contributed by atoms with E-state index < -0.39 is 0 Å². The molecule has 0 spiro atoms. The van der Waals surface area contributed by atoms with E-state index >= 15 is 0 Å². The van der Waals surface area contributed by atoms with Gasteiger partial charge in [0.25, 0.3) is 0 Å². The van der Waals surface area contributed by atoms with Crippen molar-refractivity contribution in [3.05, 3.63) is 36.2 Å². The van der Waals surface area contributed by atoms with Crippen LogP contribution in [0.3, 0.4) is 0 Å². The zero-order valence-corrected chi connectivity index (χ0v) is 10.0. The molecule has 17 heavy (non-hydrogen) atoms. The third-order valence-electron chi connectivity index (χ3n) is 2.47. The molecular weight excluding hydrogens is 236 g/mol. The first-order chi connectivity index (χ1) is 8.38. The molecule has 0 N–H and O–H groups in total. The Hall–Kier alpha value is -1.82. The summed E-state index contributed by atoms with van der Waals surface area (Å²) in [4.78, 5) is 8.64. The summed E-state index contributed by atoms with van der Waals surface area (Å²) in [6.07, 6.45) is 1.55. The molecule has 0 fully saturated rings. The number of hydrogen-bond donors (Lipinski definition) is 0. The molecule has 6 heteroatoms. The van der Waals surface area contributed by atoms with Gasteiger partial charge in [-0.2, -0.15) is 9.78 Å². The zero-order valence-electron chi connectivity index (χ0n) is 9.20. The number of nitrogens with zero attached hydrogens (tertiary/aromatic N) is 4. The van der Waals surface area contributed by atoms with Crippen molar-refractivity contribution in [1.82, 2.24) is 14.8 Å². The van der Waals surface area contributed by atoms with Gasteiger partial charge < -0.3 is 4.74 Å². The molecule has 0 radical (unpaired) electrons. The van der Waals surface area contributed by atoms with Crippen molar-refractivity contribution >= 4 is 17.6 Å². The molecule has 0 unspecified atom stereocenters. The van der Waals surface area contributed by atoms with Crippen molar-refractivity contribution in [3.63, 3.8) is 0 Å². The summed E-state index contributed by atoms with van der Waals surface area (Å²) in [6.45, 7) is 0. The van der Waals surface area contributed by atoms with Gasteiger partial charge in [0, 0.05) is 5.56 Å². The Morgan fingerprint density at radius 2 is 2.12 bits per heavy atom. The largest absolute Gasteiger partial charge is 0.497 e. The summed E-state index contributed by atoms with van der Waals surface area (Å²) in [5.41, 5.74) is 1.01. The number of fused-ring (bicyclic) bond motifs is 1. The second-order valence-electron chi connectivity index (χ2n) is 3.44. The van der Waals surface area contributed by atoms with Crippen LogP contribution in [0.1, 0.15) is 5.56 Å². The maximum Gasteiger partial charge on any atom is 0.194 e. The highest BCUT2D eigenvalue weighted by Gasteiger charge is 2.17. The van der Waals surface area contributed by atoms with Crippen molar-refractivity contribution in [3.8, 4) is 5.75 Å². The van der Waals surface area contributed by atoms with Gasteiger partial charge in [0.15, 0.2) is 11.0 Å². The summed E-state index contributed by atoms with van der Waals surface area (Å²) >= 11 is 1.58. The number of ether oxygens (including phenoxy) is 1. The van der Waals surface area contributed by atoms with Gasteiger partial charge in [-0.1, -0.05) is 11.8 Å². The highest BCUT2D eigenvalue weighted by molar-refractivity contribution is 7.99. The Morgan fingerprint density at radius 3 is 2.88 bits per heavy atom. The Morgan fingerprint density at radius 1 is 1.29 bits per heavy atom. The van der Waals surface area contributed by atoms with Crippen molar-refractivity contribution in [2.45, 2.75) is 5.16 Å². The van der Waals surface area contributed by atoms with E-state index in [4.69, 9.17) is 4.74 Å². The van der Waals surface area contributed by atoms with Crippen LogP contribution in [-0.2, 0) is 0 Å². The van der Waals surface area contributed by atoms with Crippen molar-refractivity contribution in [2.75, 3.05) is 13.0 Å². The first kappa shape index (κ1) is 10.3. The van der Waals surface area contributed by atoms with Gasteiger partial charge in [-0.15, -0.1) is 0 Å². The van der Waals surface area contributed by atoms with Gasteiger partial charge in [-0.25, -0.2) is 4.98 Å². The van der Waals surface area contributed by atoms with Crippen LogP contribution in [0.15, 0.2) is 40.7 Å². The highest BCUT2D eigenvalue weighted by atomic mass is 32.2. The Kier molecular flexibility index (Phi) is 2.56. The minimum absolute atomic E-state index is 0.681. The summed E-state index contributed by atoms with van der Waals surface area (Å²) in [5, 5.41) is 5.06. The van der Waals surface area contributed by atoms with Crippen molar-refractivity contribution < 1.29 is 4.74 Å². The molecule has 1 aliphatic heterocycles. The van der Waals surface area contributed by atoms with Crippen LogP contribution < -0.4 is 4.74 Å². The minimum Gasteiger partial charge on any atom is -0.497 e. The predicted octanol–water partition coefficient (Wildman–Crippen LogP) is 1.64. The standard InChI is InChI=1S/C11H10N4OS/c1-16-9-4-2-8(3-5-9)10-13-7-17-11-12-6-14-15(10)11/h2-6H,7H2,1H3. The molecule has 1 aromatic carbocycles. The molecule has 1 aliphatic rings. The molecular formula is C11H10N4OS. The predicted molar refractivity (Wildman–Crippen MR) is 65.7 cm³/mol. The topological polar surface area (TPSA) is 52.3 Å². The third kappa shape index (κ3) is 1.80. The minimum atomic E-state index is 0.681. The molecule has 0 aliphatic carbocycles. The van der Waals surface area contributed by atoms with Gasteiger partial charge >= 0.3 is 0 Å². The number of thioether (sulfide) groups is 1. The fourth-order valence-corrected chi connectivity index (χ4v) is 2.33. The number of rotatable bonds is 2. The van der Waals surface area contributed by atoms with E-state index in [0.717, 1.165) is 22.3 Å². The number of aliphatic imine (C=N–C) groups is 1. The van der Waals surface area contributed by atoms with E-state index in [0.29, 0.717) is 5.88 Å². The Balaban J connectivity index is 2.01. The lowest BCUT2D eigenvalue weighted by molar-refractivity contribution is 0.415. The maximum absolute atomic E-state index is 5.13. The van der Waals surface area contributed by atoms with Crippen LogP contribution in [0, 0.1) is 0 Å². The monoisotopic (exact) mass is 246 g/mol. The molecule has 2 heterocycles. The lowest BCUT2D eigenvalue weighted by Gasteiger charge is -2.13. The lowest BCUT2D eigenvalue weighted by atomic mass is 10.2. The van der Waals surface area contributed by atoms with Crippen LogP contribution in [0.2, 0.25) is 0 Å². The van der Waals surface area contributed by atoms with Gasteiger partial charge in [0.05, 0.1) is 13.0 Å². The molecule has 5 nitrogen and oxygen atoms in total. The zero-order chi connectivity index (χ0) is 11.7. The van der Waals surface area contributed by atoms with Gasteiger partial charge in [0.2, 0.25) is 0 Å². The second kappa shape index (κ2) is 4.21. The molecule has 1 aromatic heterocycles. The summed E-state index contributed by atoms with van der Waals surface area (Å²) < 4.78 is 6.89. The quantitative estimate of drug-likeness (QED) is 0.808.